The van der Waals surface area contributed by atoms with Gasteiger partial charge >= 0.3 is 0 Å². The average Bonchev–Trinajstić information content (AvgIpc) is 3.03. The molecule has 0 unspecified atom stereocenters. The van der Waals surface area contributed by atoms with Crippen LogP contribution in [-0.2, 0) is 4.79 Å². The number of hydrogen-bond donors (Lipinski definition) is 3. The number of benzene rings is 1. The molecule has 26 heavy (non-hydrogen) atoms. The maximum atomic E-state index is 12.3. The van der Waals surface area contributed by atoms with E-state index in [0.717, 1.165) is 34.9 Å². The predicted octanol–water partition coefficient (Wildman–Crippen LogP) is 4.12. The van der Waals surface area contributed by atoms with Gasteiger partial charge in [-0.2, -0.15) is 5.10 Å². The van der Waals surface area contributed by atoms with Crippen molar-refractivity contribution in [2.75, 3.05) is 11.1 Å². The van der Waals surface area contributed by atoms with Crippen LogP contribution in [0.2, 0.25) is 0 Å². The molecule has 0 atom stereocenters. The number of fused-ring (bicyclic) bond motifs is 1. The number of carbonyl (C=O) groups excluding carboxylic acids is 1. The number of carbonyl (C=O) groups is 1. The first kappa shape index (κ1) is 16.6. The number of rotatable bonds is 4. The molecule has 0 aliphatic heterocycles. The molecular formula is C20H23N5O. The molecular weight excluding hydrogens is 326 g/mol. The van der Waals surface area contributed by atoms with E-state index >= 15 is 0 Å². The van der Waals surface area contributed by atoms with E-state index in [1.807, 2.05) is 30.3 Å². The zero-order chi connectivity index (χ0) is 17.9. The molecule has 0 radical (unpaired) electrons. The van der Waals surface area contributed by atoms with Gasteiger partial charge in [0.2, 0.25) is 5.91 Å². The molecule has 0 saturated heterocycles. The number of nitrogens with two attached hydrogens (primary N) is 1. The zero-order valence-electron chi connectivity index (χ0n) is 14.7. The van der Waals surface area contributed by atoms with Crippen molar-refractivity contribution >= 4 is 28.4 Å². The minimum absolute atomic E-state index is 0.0519. The lowest BCUT2D eigenvalue weighted by molar-refractivity contribution is -0.117. The van der Waals surface area contributed by atoms with Gasteiger partial charge in [-0.25, -0.2) is 4.98 Å². The van der Waals surface area contributed by atoms with Gasteiger partial charge < -0.3 is 11.1 Å². The van der Waals surface area contributed by atoms with Crippen molar-refractivity contribution in [1.82, 2.24) is 15.2 Å². The van der Waals surface area contributed by atoms with Gasteiger partial charge in [-0.15, -0.1) is 0 Å². The van der Waals surface area contributed by atoms with Crippen molar-refractivity contribution in [2.45, 2.75) is 38.5 Å². The number of hydrogen-bond acceptors (Lipinski definition) is 4. The van der Waals surface area contributed by atoms with Crippen LogP contribution < -0.4 is 11.1 Å². The summed E-state index contributed by atoms with van der Waals surface area (Å²) in [5, 5.41) is 10.8. The molecule has 1 saturated carbocycles. The lowest BCUT2D eigenvalue weighted by atomic mass is 9.87. The highest BCUT2D eigenvalue weighted by molar-refractivity contribution is 5.93. The molecule has 2 heterocycles. The molecule has 1 aliphatic carbocycles. The van der Waals surface area contributed by atoms with Gasteiger partial charge in [0.1, 0.15) is 5.82 Å². The lowest BCUT2D eigenvalue weighted by Crippen LogP contribution is -2.18. The maximum Gasteiger partial charge on any atom is 0.225 e. The summed E-state index contributed by atoms with van der Waals surface area (Å²) in [4.78, 5) is 16.6. The van der Waals surface area contributed by atoms with E-state index in [1.165, 1.54) is 19.3 Å². The van der Waals surface area contributed by atoms with E-state index in [9.17, 15) is 4.79 Å². The Morgan fingerprint density at radius 2 is 1.96 bits per heavy atom. The zero-order valence-corrected chi connectivity index (χ0v) is 14.7. The number of aromatic nitrogens is 3. The van der Waals surface area contributed by atoms with E-state index in [4.69, 9.17) is 5.73 Å². The Kier molecular flexibility index (Phi) is 4.56. The quantitative estimate of drug-likeness (QED) is 0.660. The van der Waals surface area contributed by atoms with Crippen LogP contribution in [0, 0.1) is 5.92 Å². The van der Waals surface area contributed by atoms with Crippen LogP contribution in [0.25, 0.3) is 22.0 Å². The van der Waals surface area contributed by atoms with Gasteiger partial charge in [0.05, 0.1) is 5.52 Å². The largest absolute Gasteiger partial charge is 0.382 e. The van der Waals surface area contributed by atoms with E-state index in [1.54, 1.807) is 6.20 Å². The summed E-state index contributed by atoms with van der Waals surface area (Å²) in [6.07, 6.45) is 8.40. The van der Waals surface area contributed by atoms with Gasteiger partial charge in [-0.3, -0.25) is 9.89 Å². The Bertz CT molecular complexity index is 927. The van der Waals surface area contributed by atoms with Crippen LogP contribution in [0.5, 0.6) is 0 Å². The monoisotopic (exact) mass is 349 g/mol. The molecule has 0 bridgehead atoms. The molecule has 4 N–H and O–H groups in total. The third-order valence-corrected chi connectivity index (χ3v) is 5.15. The van der Waals surface area contributed by atoms with Gasteiger partial charge in [0.25, 0.3) is 0 Å². The van der Waals surface area contributed by atoms with Crippen LogP contribution in [0.3, 0.4) is 0 Å². The third-order valence-electron chi connectivity index (χ3n) is 5.15. The van der Waals surface area contributed by atoms with Gasteiger partial charge in [0.15, 0.2) is 5.82 Å². The molecule has 3 aromatic rings. The fourth-order valence-corrected chi connectivity index (χ4v) is 3.74. The lowest BCUT2D eigenvalue weighted by Gasteiger charge is -2.20. The van der Waals surface area contributed by atoms with Crippen molar-refractivity contribution in [3.05, 3.63) is 36.5 Å². The molecule has 1 amide bonds. The first-order chi connectivity index (χ1) is 12.7. The maximum absolute atomic E-state index is 12.3. The molecule has 6 nitrogen and oxygen atoms in total. The highest BCUT2D eigenvalue weighted by Gasteiger charge is 2.17. The van der Waals surface area contributed by atoms with Crippen molar-refractivity contribution in [3.63, 3.8) is 0 Å². The summed E-state index contributed by atoms with van der Waals surface area (Å²) in [6.45, 7) is 0. The highest BCUT2D eigenvalue weighted by Crippen LogP contribution is 2.28. The van der Waals surface area contributed by atoms with Gasteiger partial charge in [-0.1, -0.05) is 25.3 Å². The molecule has 6 heteroatoms. The fourth-order valence-electron chi connectivity index (χ4n) is 3.74. The number of nitrogens with zero attached hydrogens (tertiary/aromatic N) is 2. The first-order valence-electron chi connectivity index (χ1n) is 9.19. The Hall–Kier alpha value is -2.89. The molecule has 1 aliphatic rings. The minimum atomic E-state index is 0.0519. The smallest absolute Gasteiger partial charge is 0.225 e. The van der Waals surface area contributed by atoms with Crippen LogP contribution >= 0.6 is 0 Å². The Morgan fingerprint density at radius 1 is 1.15 bits per heavy atom. The Morgan fingerprint density at radius 3 is 2.81 bits per heavy atom. The van der Waals surface area contributed by atoms with Crippen LogP contribution in [0.4, 0.5) is 11.6 Å². The number of nitrogen functional groups attached to an aromatic ring is 1. The standard InChI is InChI=1S/C20H23N5O/c21-20-16-11-14(6-7-17(16)24-25-20)15-8-9-22-18(12-15)23-19(26)10-13-4-2-1-3-5-13/h6-9,11-13H,1-5,10H2,(H3,21,24,25)(H,22,23,26). The number of nitrogens with one attached hydrogen (secondary N) is 2. The van der Waals surface area contributed by atoms with Gasteiger partial charge in [0, 0.05) is 18.0 Å². The summed E-state index contributed by atoms with van der Waals surface area (Å²) < 4.78 is 0. The average molecular weight is 349 g/mol. The first-order valence-corrected chi connectivity index (χ1v) is 9.19. The number of pyridine rings is 1. The van der Waals surface area contributed by atoms with Crippen molar-refractivity contribution in [1.29, 1.82) is 0 Å². The number of amides is 1. The molecule has 134 valence electrons. The Labute approximate surface area is 152 Å². The third kappa shape index (κ3) is 3.54. The summed E-state index contributed by atoms with van der Waals surface area (Å²) in [5.74, 6) is 1.63. The van der Waals surface area contributed by atoms with E-state index in [-0.39, 0.29) is 5.91 Å². The number of aromatic amines is 1. The minimum Gasteiger partial charge on any atom is -0.382 e. The van der Waals surface area contributed by atoms with Crippen LogP contribution in [0.1, 0.15) is 38.5 Å². The van der Waals surface area contributed by atoms with Crippen molar-refractivity contribution in [2.24, 2.45) is 5.92 Å². The number of H-pyrrole nitrogens is 1. The van der Waals surface area contributed by atoms with Crippen molar-refractivity contribution < 1.29 is 4.79 Å². The second-order valence-electron chi connectivity index (χ2n) is 7.06. The molecule has 1 fully saturated rings. The molecule has 1 aromatic carbocycles. The van der Waals surface area contributed by atoms with E-state index in [0.29, 0.717) is 24.0 Å². The van der Waals surface area contributed by atoms with Gasteiger partial charge in [-0.05, 0) is 54.2 Å². The fraction of sp³-hybridized carbons (Fsp3) is 0.350. The van der Waals surface area contributed by atoms with Crippen LogP contribution in [-0.4, -0.2) is 21.1 Å². The topological polar surface area (TPSA) is 96.7 Å². The molecule has 4 rings (SSSR count). The van der Waals surface area contributed by atoms with E-state index < -0.39 is 0 Å². The normalized spacial score (nSPS) is 15.2. The molecule has 0 spiro atoms. The van der Waals surface area contributed by atoms with E-state index in [2.05, 4.69) is 20.5 Å². The second kappa shape index (κ2) is 7.15. The number of anilines is 2. The SMILES string of the molecule is Nc1n[nH]c2ccc(-c3ccnc(NC(=O)CC4CCCCC4)c3)cc12. The summed E-state index contributed by atoms with van der Waals surface area (Å²) in [5.41, 5.74) is 8.79. The predicted molar refractivity (Wildman–Crippen MR) is 104 cm³/mol. The highest BCUT2D eigenvalue weighted by atomic mass is 16.1. The summed E-state index contributed by atoms with van der Waals surface area (Å²) >= 11 is 0. The Balaban J connectivity index is 1.50. The second-order valence-corrected chi connectivity index (χ2v) is 7.06. The summed E-state index contributed by atoms with van der Waals surface area (Å²) in [6, 6.07) is 9.78. The molecule has 2 aromatic heterocycles. The summed E-state index contributed by atoms with van der Waals surface area (Å²) in [7, 11) is 0. The van der Waals surface area contributed by atoms with Crippen LogP contribution in [0.15, 0.2) is 36.5 Å². The van der Waals surface area contributed by atoms with Crippen molar-refractivity contribution in [3.8, 4) is 11.1 Å².